The van der Waals surface area contributed by atoms with Crippen LogP contribution in [0.25, 0.3) is 21.7 Å². The van der Waals surface area contributed by atoms with Gasteiger partial charge in [-0.25, -0.2) is 4.39 Å². The van der Waals surface area contributed by atoms with Crippen molar-refractivity contribution in [1.82, 2.24) is 9.78 Å². The van der Waals surface area contributed by atoms with Crippen LogP contribution >= 0.6 is 0 Å². The summed E-state index contributed by atoms with van der Waals surface area (Å²) in [6.07, 6.45) is 0. The Bertz CT molecular complexity index is 1280. The first-order valence-corrected chi connectivity index (χ1v) is 8.59. The number of aromatic nitrogens is 2. The van der Waals surface area contributed by atoms with Crippen molar-refractivity contribution >= 4 is 33.2 Å². The van der Waals surface area contributed by atoms with Crippen LogP contribution in [-0.2, 0) is 7.05 Å². The molecule has 0 spiro atoms. The van der Waals surface area contributed by atoms with Crippen LogP contribution in [0.2, 0.25) is 0 Å². The van der Waals surface area contributed by atoms with E-state index in [0.29, 0.717) is 5.39 Å². The molecule has 4 rings (SSSR count). The largest absolute Gasteiger partial charge is 0.292 e. The zero-order valence-electron chi connectivity index (χ0n) is 14.9. The van der Waals surface area contributed by atoms with E-state index in [0.717, 1.165) is 28.4 Å². The van der Waals surface area contributed by atoms with Gasteiger partial charge in [0, 0.05) is 23.4 Å². The summed E-state index contributed by atoms with van der Waals surface area (Å²) in [7, 11) is 1.72. The van der Waals surface area contributed by atoms with Crippen LogP contribution in [0.3, 0.4) is 0 Å². The number of benzene rings is 3. The smallest absolute Gasteiger partial charge is 0.208 e. The van der Waals surface area contributed by atoms with Crippen LogP contribution in [0, 0.1) is 23.1 Å². The van der Waals surface area contributed by atoms with Gasteiger partial charge in [-0.3, -0.25) is 14.3 Å². The third-order valence-electron chi connectivity index (χ3n) is 4.74. The number of carbonyl (C=O) groups excluding carboxylic acids is 2. The summed E-state index contributed by atoms with van der Waals surface area (Å²) in [5.41, 5.74) is 0.935. The summed E-state index contributed by atoms with van der Waals surface area (Å²) in [6, 6.07) is 17.9. The SMILES string of the molecule is Cn1nc(C(=O)C(C#N)C(=O)c2ccc(F)cc2)c2ccc3ccccc3c21. The van der Waals surface area contributed by atoms with Crippen LogP contribution < -0.4 is 0 Å². The Kier molecular flexibility index (Phi) is 4.21. The Morgan fingerprint density at radius 2 is 1.71 bits per heavy atom. The van der Waals surface area contributed by atoms with Crippen LogP contribution in [0.4, 0.5) is 4.39 Å². The predicted octanol–water partition coefficient (Wildman–Crippen LogP) is 4.07. The van der Waals surface area contributed by atoms with Crippen LogP contribution in [0.1, 0.15) is 20.8 Å². The average molecular weight is 371 g/mol. The van der Waals surface area contributed by atoms with E-state index >= 15 is 0 Å². The van der Waals surface area contributed by atoms with Gasteiger partial charge >= 0.3 is 0 Å². The van der Waals surface area contributed by atoms with E-state index in [2.05, 4.69) is 5.10 Å². The molecule has 0 saturated carbocycles. The van der Waals surface area contributed by atoms with Crippen molar-refractivity contribution < 1.29 is 14.0 Å². The zero-order chi connectivity index (χ0) is 19.8. The average Bonchev–Trinajstić information content (AvgIpc) is 3.06. The monoisotopic (exact) mass is 371 g/mol. The first-order valence-electron chi connectivity index (χ1n) is 8.59. The minimum absolute atomic E-state index is 0.0743. The van der Waals surface area contributed by atoms with Crippen molar-refractivity contribution in [3.05, 3.63) is 77.7 Å². The Labute approximate surface area is 159 Å². The van der Waals surface area contributed by atoms with Crippen molar-refractivity contribution in [3.63, 3.8) is 0 Å². The lowest BCUT2D eigenvalue weighted by Gasteiger charge is -2.06. The van der Waals surface area contributed by atoms with Gasteiger partial charge in [-0.2, -0.15) is 10.4 Å². The molecule has 1 aromatic heterocycles. The lowest BCUT2D eigenvalue weighted by atomic mass is 9.92. The molecule has 0 aliphatic carbocycles. The number of hydrogen-bond donors (Lipinski definition) is 0. The molecule has 28 heavy (non-hydrogen) atoms. The fraction of sp³-hybridized carbons (Fsp3) is 0.0909. The molecular formula is C22H14FN3O2. The number of nitrogens with zero attached hydrogens (tertiary/aromatic N) is 3. The summed E-state index contributed by atoms with van der Waals surface area (Å²) in [6.45, 7) is 0. The van der Waals surface area contributed by atoms with Crippen molar-refractivity contribution in [2.75, 3.05) is 0 Å². The molecule has 6 heteroatoms. The topological polar surface area (TPSA) is 75.8 Å². The van der Waals surface area contributed by atoms with Crippen molar-refractivity contribution in [2.24, 2.45) is 13.0 Å². The first-order chi connectivity index (χ1) is 13.5. The van der Waals surface area contributed by atoms with E-state index in [-0.39, 0.29) is 11.3 Å². The van der Waals surface area contributed by atoms with Crippen LogP contribution in [-0.4, -0.2) is 21.3 Å². The van der Waals surface area contributed by atoms with E-state index in [1.165, 1.54) is 12.1 Å². The number of halogens is 1. The molecule has 0 fully saturated rings. The van der Waals surface area contributed by atoms with Crippen molar-refractivity contribution in [3.8, 4) is 6.07 Å². The highest BCUT2D eigenvalue weighted by molar-refractivity contribution is 6.22. The minimum atomic E-state index is -1.55. The molecule has 3 aromatic carbocycles. The highest BCUT2D eigenvalue weighted by Gasteiger charge is 2.32. The highest BCUT2D eigenvalue weighted by atomic mass is 19.1. The Hall–Kier alpha value is -3.85. The first kappa shape index (κ1) is 17.6. The summed E-state index contributed by atoms with van der Waals surface area (Å²) >= 11 is 0. The summed E-state index contributed by atoms with van der Waals surface area (Å²) in [5, 5.41) is 16.3. The van der Waals surface area contributed by atoms with Gasteiger partial charge in [-0.1, -0.05) is 30.3 Å². The predicted molar refractivity (Wildman–Crippen MR) is 102 cm³/mol. The third kappa shape index (κ3) is 2.74. The number of ketones is 2. The van der Waals surface area contributed by atoms with E-state index in [1.54, 1.807) is 23.9 Å². The van der Waals surface area contributed by atoms with Gasteiger partial charge in [0.05, 0.1) is 11.6 Å². The van der Waals surface area contributed by atoms with Crippen LogP contribution in [0.15, 0.2) is 60.7 Å². The maximum atomic E-state index is 13.1. The van der Waals surface area contributed by atoms with Gasteiger partial charge < -0.3 is 0 Å². The third-order valence-corrected chi connectivity index (χ3v) is 4.74. The minimum Gasteiger partial charge on any atom is -0.292 e. The second kappa shape index (κ2) is 6.71. The van der Waals surface area contributed by atoms with Crippen molar-refractivity contribution in [2.45, 2.75) is 0 Å². The van der Waals surface area contributed by atoms with Crippen LogP contribution in [0.5, 0.6) is 0 Å². The van der Waals surface area contributed by atoms with Gasteiger partial charge in [0.2, 0.25) is 5.78 Å². The van der Waals surface area contributed by atoms with E-state index < -0.39 is 23.3 Å². The number of carbonyl (C=O) groups is 2. The van der Waals surface area contributed by atoms with Gasteiger partial charge in [0.1, 0.15) is 11.5 Å². The van der Waals surface area contributed by atoms with Gasteiger partial charge in [-0.15, -0.1) is 0 Å². The molecule has 0 amide bonds. The lowest BCUT2D eigenvalue weighted by Crippen LogP contribution is -2.23. The lowest BCUT2D eigenvalue weighted by molar-refractivity contribution is 0.0843. The fourth-order valence-corrected chi connectivity index (χ4v) is 3.38. The maximum Gasteiger partial charge on any atom is 0.208 e. The second-order valence-electron chi connectivity index (χ2n) is 6.45. The Morgan fingerprint density at radius 3 is 2.43 bits per heavy atom. The molecule has 0 N–H and O–H groups in total. The Morgan fingerprint density at radius 1 is 1.00 bits per heavy atom. The number of Topliss-reactive ketones (excluding diaryl/α,β-unsaturated/α-hetero) is 2. The fourth-order valence-electron chi connectivity index (χ4n) is 3.38. The highest BCUT2D eigenvalue weighted by Crippen LogP contribution is 2.29. The molecule has 5 nitrogen and oxygen atoms in total. The van der Waals surface area contributed by atoms with Crippen molar-refractivity contribution in [1.29, 1.82) is 5.26 Å². The number of nitriles is 1. The van der Waals surface area contributed by atoms with Gasteiger partial charge in [-0.05, 0) is 35.7 Å². The van der Waals surface area contributed by atoms with E-state index in [1.807, 2.05) is 30.3 Å². The molecule has 0 bridgehead atoms. The second-order valence-corrected chi connectivity index (χ2v) is 6.45. The number of aryl methyl sites for hydroxylation is 1. The molecule has 0 saturated heterocycles. The number of rotatable bonds is 4. The summed E-state index contributed by atoms with van der Waals surface area (Å²) in [5.74, 6) is -3.39. The standard InChI is InChI=1S/C22H14FN3O2/c1-26-20-16-5-3-2-4-13(16)8-11-17(20)19(25-26)22(28)18(12-24)21(27)14-6-9-15(23)10-7-14/h2-11,18H,1H3. The molecule has 1 heterocycles. The molecular weight excluding hydrogens is 357 g/mol. The summed E-state index contributed by atoms with van der Waals surface area (Å²) < 4.78 is 14.7. The number of hydrogen-bond acceptors (Lipinski definition) is 4. The van der Waals surface area contributed by atoms with E-state index in [4.69, 9.17) is 0 Å². The van der Waals surface area contributed by atoms with E-state index in [9.17, 15) is 19.2 Å². The molecule has 1 atom stereocenters. The molecule has 136 valence electrons. The Balaban J connectivity index is 1.81. The molecule has 0 aliphatic rings. The zero-order valence-corrected chi connectivity index (χ0v) is 14.9. The van der Waals surface area contributed by atoms with Gasteiger partial charge in [0.15, 0.2) is 11.7 Å². The molecule has 0 aliphatic heterocycles. The maximum absolute atomic E-state index is 13.1. The normalized spacial score (nSPS) is 12.0. The number of fused-ring (bicyclic) bond motifs is 3. The molecule has 0 radical (unpaired) electrons. The molecule has 1 unspecified atom stereocenters. The quantitative estimate of drug-likeness (QED) is 0.400. The van der Waals surface area contributed by atoms with Gasteiger partial charge in [0.25, 0.3) is 0 Å². The molecule has 4 aromatic rings. The summed E-state index contributed by atoms with van der Waals surface area (Å²) in [4.78, 5) is 25.7.